The number of hydrogen-bond donors (Lipinski definition) is 1. The number of esters is 1. The molecule has 2 atom stereocenters. The first-order valence-corrected chi connectivity index (χ1v) is 7.81. The molecular weight excluding hydrogens is 268 g/mol. The van der Waals surface area contributed by atoms with Crippen molar-refractivity contribution in [3.8, 4) is 0 Å². The zero-order chi connectivity index (χ0) is 16.2. The molecule has 0 aromatic rings. The molecule has 1 N–H and O–H groups in total. The topological polar surface area (TPSA) is 58.6 Å². The number of hydrogen-bond acceptors (Lipinski definition) is 4. The molecule has 1 heterocycles. The maximum absolute atomic E-state index is 11.9. The summed E-state index contributed by atoms with van der Waals surface area (Å²) in [6.07, 6.45) is 0.962. The van der Waals surface area contributed by atoms with Crippen LogP contribution in [0.3, 0.4) is 0 Å². The summed E-state index contributed by atoms with van der Waals surface area (Å²) in [7, 11) is 0. The van der Waals surface area contributed by atoms with Crippen molar-refractivity contribution in [2.45, 2.75) is 59.6 Å². The fourth-order valence-corrected chi connectivity index (χ4v) is 2.62. The minimum Gasteiger partial charge on any atom is -0.459 e. The molecular formula is C16H30N2O3. The van der Waals surface area contributed by atoms with E-state index in [1.807, 2.05) is 34.6 Å². The first kappa shape index (κ1) is 18.0. The Labute approximate surface area is 128 Å². The van der Waals surface area contributed by atoms with Gasteiger partial charge in [-0.3, -0.25) is 14.5 Å². The average Bonchev–Trinajstić information content (AvgIpc) is 2.24. The molecule has 0 aromatic carbocycles. The Balaban J connectivity index is 2.52. The van der Waals surface area contributed by atoms with Gasteiger partial charge in [0.05, 0.1) is 6.54 Å². The van der Waals surface area contributed by atoms with Gasteiger partial charge in [0, 0.05) is 25.0 Å². The lowest BCUT2D eigenvalue weighted by molar-refractivity contribution is -0.156. The van der Waals surface area contributed by atoms with Gasteiger partial charge in [-0.25, -0.2) is 0 Å². The lowest BCUT2D eigenvalue weighted by Gasteiger charge is -2.36. The van der Waals surface area contributed by atoms with Crippen molar-refractivity contribution in [3.63, 3.8) is 0 Å². The van der Waals surface area contributed by atoms with Crippen LogP contribution in [0.2, 0.25) is 0 Å². The molecule has 0 aromatic heterocycles. The van der Waals surface area contributed by atoms with Crippen molar-refractivity contribution >= 4 is 11.9 Å². The van der Waals surface area contributed by atoms with E-state index in [2.05, 4.69) is 17.1 Å². The molecule has 0 radical (unpaired) electrons. The van der Waals surface area contributed by atoms with Gasteiger partial charge in [-0.1, -0.05) is 20.8 Å². The van der Waals surface area contributed by atoms with E-state index in [9.17, 15) is 9.59 Å². The molecule has 5 nitrogen and oxygen atoms in total. The van der Waals surface area contributed by atoms with Crippen molar-refractivity contribution in [2.24, 2.45) is 11.8 Å². The number of piperidine rings is 1. The zero-order valence-corrected chi connectivity index (χ0v) is 14.2. The van der Waals surface area contributed by atoms with Crippen LogP contribution in [0.5, 0.6) is 0 Å². The predicted octanol–water partition coefficient (Wildman–Crippen LogP) is 1.81. The van der Waals surface area contributed by atoms with Crippen molar-refractivity contribution in [2.75, 3.05) is 19.6 Å². The fraction of sp³-hybridized carbons (Fsp3) is 0.875. The largest absolute Gasteiger partial charge is 0.459 e. The SMILES string of the molecule is CC1CC(NC(=O)C(C)C)CN(CC(=O)OC(C)(C)C)C1. The maximum atomic E-state index is 11.9. The second kappa shape index (κ2) is 7.25. The van der Waals surface area contributed by atoms with Gasteiger partial charge < -0.3 is 10.1 Å². The van der Waals surface area contributed by atoms with Crippen LogP contribution in [0.25, 0.3) is 0 Å². The monoisotopic (exact) mass is 298 g/mol. The lowest BCUT2D eigenvalue weighted by atomic mass is 9.95. The van der Waals surface area contributed by atoms with Gasteiger partial charge in [-0.05, 0) is 33.1 Å². The van der Waals surface area contributed by atoms with E-state index in [0.29, 0.717) is 12.5 Å². The highest BCUT2D eigenvalue weighted by atomic mass is 16.6. The molecule has 1 rings (SSSR count). The zero-order valence-electron chi connectivity index (χ0n) is 14.2. The molecule has 1 fully saturated rings. The summed E-state index contributed by atoms with van der Waals surface area (Å²) in [4.78, 5) is 25.8. The van der Waals surface area contributed by atoms with Gasteiger partial charge in [-0.15, -0.1) is 0 Å². The molecule has 0 aliphatic carbocycles. The molecule has 0 saturated carbocycles. The number of ether oxygens (including phenoxy) is 1. The summed E-state index contributed by atoms with van der Waals surface area (Å²) < 4.78 is 5.36. The van der Waals surface area contributed by atoms with Crippen LogP contribution in [0.1, 0.15) is 48.0 Å². The van der Waals surface area contributed by atoms with Gasteiger partial charge >= 0.3 is 5.97 Å². The van der Waals surface area contributed by atoms with Crippen LogP contribution >= 0.6 is 0 Å². The molecule has 122 valence electrons. The van der Waals surface area contributed by atoms with Crippen LogP contribution in [-0.4, -0.2) is 48.1 Å². The highest BCUT2D eigenvalue weighted by Crippen LogP contribution is 2.17. The molecule has 0 spiro atoms. The summed E-state index contributed by atoms with van der Waals surface area (Å²) in [6, 6.07) is 0.117. The van der Waals surface area contributed by atoms with Crippen LogP contribution in [-0.2, 0) is 14.3 Å². The van der Waals surface area contributed by atoms with Gasteiger partial charge in [0.1, 0.15) is 5.60 Å². The fourth-order valence-electron chi connectivity index (χ4n) is 2.62. The first-order chi connectivity index (χ1) is 9.56. The minimum absolute atomic E-state index is 0.0125. The summed E-state index contributed by atoms with van der Waals surface area (Å²) >= 11 is 0. The smallest absolute Gasteiger partial charge is 0.320 e. The number of likely N-dealkylation sites (tertiary alicyclic amines) is 1. The van der Waals surface area contributed by atoms with Gasteiger partial charge in [-0.2, -0.15) is 0 Å². The van der Waals surface area contributed by atoms with Crippen molar-refractivity contribution in [1.82, 2.24) is 10.2 Å². The van der Waals surface area contributed by atoms with E-state index in [-0.39, 0.29) is 30.4 Å². The number of carbonyl (C=O) groups excluding carboxylic acids is 2. The molecule has 21 heavy (non-hydrogen) atoms. The Hall–Kier alpha value is -1.10. The number of amides is 1. The molecule has 2 unspecified atom stereocenters. The number of nitrogens with one attached hydrogen (secondary N) is 1. The Bertz CT molecular complexity index is 374. The number of nitrogens with zero attached hydrogens (tertiary/aromatic N) is 1. The van der Waals surface area contributed by atoms with Crippen molar-refractivity contribution in [3.05, 3.63) is 0 Å². The maximum Gasteiger partial charge on any atom is 0.320 e. The van der Waals surface area contributed by atoms with Crippen LogP contribution in [0.4, 0.5) is 0 Å². The third-order valence-corrected chi connectivity index (χ3v) is 3.38. The van der Waals surface area contributed by atoms with Crippen molar-refractivity contribution in [1.29, 1.82) is 0 Å². The molecule has 1 amide bonds. The van der Waals surface area contributed by atoms with Gasteiger partial charge in [0.15, 0.2) is 0 Å². The van der Waals surface area contributed by atoms with Crippen LogP contribution < -0.4 is 5.32 Å². The standard InChI is InChI=1S/C16H30N2O3/c1-11(2)15(20)17-13-7-12(3)8-18(9-13)10-14(19)21-16(4,5)6/h11-13H,7-10H2,1-6H3,(H,17,20). The predicted molar refractivity (Wildman–Crippen MR) is 82.8 cm³/mol. The summed E-state index contributed by atoms with van der Waals surface area (Å²) in [6.45, 7) is 13.4. The van der Waals surface area contributed by atoms with E-state index in [4.69, 9.17) is 4.74 Å². The van der Waals surface area contributed by atoms with E-state index in [1.54, 1.807) is 0 Å². The molecule has 1 aliphatic heterocycles. The Morgan fingerprint density at radius 2 is 1.90 bits per heavy atom. The number of rotatable bonds is 4. The first-order valence-electron chi connectivity index (χ1n) is 7.81. The average molecular weight is 298 g/mol. The van der Waals surface area contributed by atoms with E-state index in [0.717, 1.165) is 13.0 Å². The summed E-state index contributed by atoms with van der Waals surface area (Å²) in [5.41, 5.74) is -0.455. The van der Waals surface area contributed by atoms with Crippen LogP contribution in [0, 0.1) is 11.8 Å². The normalized spacial score (nSPS) is 24.0. The third-order valence-electron chi connectivity index (χ3n) is 3.38. The minimum atomic E-state index is -0.455. The van der Waals surface area contributed by atoms with Gasteiger partial charge in [0.2, 0.25) is 5.91 Å². The second-order valence-corrected chi connectivity index (χ2v) is 7.48. The Morgan fingerprint density at radius 1 is 1.29 bits per heavy atom. The van der Waals surface area contributed by atoms with E-state index < -0.39 is 5.60 Å². The summed E-state index contributed by atoms with van der Waals surface area (Å²) in [5, 5.41) is 3.07. The van der Waals surface area contributed by atoms with E-state index in [1.165, 1.54) is 0 Å². The Kier molecular flexibility index (Phi) is 6.20. The molecule has 1 saturated heterocycles. The van der Waals surface area contributed by atoms with E-state index >= 15 is 0 Å². The van der Waals surface area contributed by atoms with Gasteiger partial charge in [0.25, 0.3) is 0 Å². The highest BCUT2D eigenvalue weighted by molar-refractivity contribution is 5.78. The number of carbonyl (C=O) groups is 2. The summed E-state index contributed by atoms with van der Waals surface area (Å²) in [5.74, 6) is 0.317. The Morgan fingerprint density at radius 3 is 2.43 bits per heavy atom. The molecule has 5 heteroatoms. The highest BCUT2D eigenvalue weighted by Gasteiger charge is 2.28. The molecule has 0 bridgehead atoms. The lowest BCUT2D eigenvalue weighted by Crippen LogP contribution is -2.52. The second-order valence-electron chi connectivity index (χ2n) is 7.48. The molecule has 1 aliphatic rings. The quantitative estimate of drug-likeness (QED) is 0.804. The third kappa shape index (κ3) is 6.93. The van der Waals surface area contributed by atoms with Crippen molar-refractivity contribution < 1.29 is 14.3 Å². The van der Waals surface area contributed by atoms with Crippen LogP contribution in [0.15, 0.2) is 0 Å².